The number of alkyl carbamates (subject to hydrolysis) is 1. The summed E-state index contributed by atoms with van der Waals surface area (Å²) in [5, 5.41) is 2.66. The zero-order chi connectivity index (χ0) is 25.5. The van der Waals surface area contributed by atoms with Gasteiger partial charge in [-0.3, -0.25) is 14.4 Å². The predicted octanol–water partition coefficient (Wildman–Crippen LogP) is 4.43. The van der Waals surface area contributed by atoms with Crippen LogP contribution in [0.25, 0.3) is 0 Å². The van der Waals surface area contributed by atoms with Crippen molar-refractivity contribution < 1.29 is 28.7 Å². The number of nitrogens with one attached hydrogen (secondary N) is 1. The molecule has 1 heterocycles. The molecule has 0 saturated heterocycles. The number of carbonyl (C=O) groups excluding carboxylic acids is 4. The molecule has 3 aromatic rings. The van der Waals surface area contributed by atoms with Gasteiger partial charge in [-0.25, -0.2) is 4.79 Å². The monoisotopic (exact) mass is 514 g/mol. The summed E-state index contributed by atoms with van der Waals surface area (Å²) < 4.78 is 9.87. The average Bonchev–Trinajstić information content (AvgIpc) is 3.18. The fourth-order valence-electron chi connectivity index (χ4n) is 3.21. The Hall–Kier alpha value is -3.69. The maximum atomic E-state index is 13.3. The van der Waals surface area contributed by atoms with Gasteiger partial charge in [-0.2, -0.15) is 0 Å². The Balaban J connectivity index is 1.86. The van der Waals surface area contributed by atoms with Gasteiger partial charge in [0.05, 0.1) is 40.7 Å². The van der Waals surface area contributed by atoms with Crippen molar-refractivity contribution in [1.29, 1.82) is 0 Å². The normalized spacial score (nSPS) is 11.4. The number of carbonyl (C=O) groups is 4. The highest BCUT2D eigenvalue weighted by atomic mass is 35.5. The van der Waals surface area contributed by atoms with Crippen LogP contribution < -0.4 is 11.1 Å². The van der Waals surface area contributed by atoms with Crippen LogP contribution in [-0.4, -0.2) is 36.8 Å². The minimum absolute atomic E-state index is 0.00202. The second-order valence-electron chi connectivity index (χ2n) is 7.50. The molecule has 10 heteroatoms. The molecule has 0 aliphatic heterocycles. The van der Waals surface area contributed by atoms with Crippen molar-refractivity contribution in [3.05, 3.63) is 86.1 Å². The Morgan fingerprint density at radius 2 is 1.71 bits per heavy atom. The fraction of sp³-hybridized carbons (Fsp3) is 0.200. The third-order valence-electron chi connectivity index (χ3n) is 5.06. The number of ether oxygens (including phenoxy) is 2. The molecular formula is C25H23ClN2O6S. The molecule has 0 radical (unpaired) electrons. The molecule has 3 rings (SSSR count). The molecular weight excluding hydrogens is 492 g/mol. The molecule has 0 fully saturated rings. The van der Waals surface area contributed by atoms with Gasteiger partial charge in [0.25, 0.3) is 0 Å². The van der Waals surface area contributed by atoms with Crippen molar-refractivity contribution in [2.24, 2.45) is 0 Å². The Kier molecular flexibility index (Phi) is 8.62. The number of hydrogen-bond acceptors (Lipinski definition) is 8. The lowest BCUT2D eigenvalue weighted by Crippen LogP contribution is -2.39. The minimum Gasteiger partial charge on any atom is -0.469 e. The molecule has 1 aromatic heterocycles. The van der Waals surface area contributed by atoms with Crippen LogP contribution in [0, 0.1) is 0 Å². The topological polar surface area (TPSA) is 125 Å². The van der Waals surface area contributed by atoms with Crippen LogP contribution in [0.5, 0.6) is 0 Å². The number of thiophene rings is 1. The number of rotatable bonds is 9. The summed E-state index contributed by atoms with van der Waals surface area (Å²) >= 11 is 7.09. The van der Waals surface area contributed by atoms with E-state index in [0.717, 1.165) is 16.9 Å². The summed E-state index contributed by atoms with van der Waals surface area (Å²) in [5.74, 6) is -1.71. The summed E-state index contributed by atoms with van der Waals surface area (Å²) in [6.07, 6.45) is -1.02. The zero-order valence-electron chi connectivity index (χ0n) is 19.0. The number of esters is 1. The molecule has 0 bridgehead atoms. The van der Waals surface area contributed by atoms with E-state index in [-0.39, 0.29) is 39.7 Å². The molecule has 8 nitrogen and oxygen atoms in total. The van der Waals surface area contributed by atoms with E-state index >= 15 is 0 Å². The number of ketones is 2. The lowest BCUT2D eigenvalue weighted by molar-refractivity contribution is -0.139. The van der Waals surface area contributed by atoms with E-state index in [0.29, 0.717) is 4.88 Å². The number of hydrogen-bond donors (Lipinski definition) is 2. The Morgan fingerprint density at radius 1 is 1.06 bits per heavy atom. The molecule has 2 aromatic carbocycles. The average molecular weight is 515 g/mol. The van der Waals surface area contributed by atoms with Gasteiger partial charge in [-0.1, -0.05) is 54.1 Å². The summed E-state index contributed by atoms with van der Waals surface area (Å²) in [7, 11) is 1.22. The number of methoxy groups -OCH3 is 1. The Labute approximate surface area is 211 Å². The van der Waals surface area contributed by atoms with E-state index < -0.39 is 29.7 Å². The van der Waals surface area contributed by atoms with Crippen molar-refractivity contribution in [3.8, 4) is 0 Å². The molecule has 3 N–H and O–H groups in total. The van der Waals surface area contributed by atoms with Crippen molar-refractivity contribution in [3.63, 3.8) is 0 Å². The van der Waals surface area contributed by atoms with Gasteiger partial charge in [0.2, 0.25) is 0 Å². The second kappa shape index (κ2) is 11.6. The molecule has 0 aliphatic rings. The molecule has 1 unspecified atom stereocenters. The Morgan fingerprint density at radius 3 is 2.37 bits per heavy atom. The van der Waals surface area contributed by atoms with Gasteiger partial charge in [-0.15, -0.1) is 11.3 Å². The van der Waals surface area contributed by atoms with Crippen molar-refractivity contribution in [2.45, 2.75) is 26.0 Å². The smallest absolute Gasteiger partial charge is 0.408 e. The standard InChI is InChI=1S/C25H23ClN2O6S/c1-14(28-25(32)34-13-15-8-4-3-5-9-15)22(30)24-20(21(27)18(35-24)12-19(29)33-2)23(31)16-10-6-7-11-17(16)26/h3-11,14H,12-13,27H2,1-2H3,(H,28,32). The molecule has 1 amide bonds. The third kappa shape index (κ3) is 6.26. The van der Waals surface area contributed by atoms with E-state index in [1.54, 1.807) is 30.3 Å². The molecule has 1 atom stereocenters. The van der Waals surface area contributed by atoms with Gasteiger partial charge in [0.15, 0.2) is 11.6 Å². The summed E-state index contributed by atoms with van der Waals surface area (Å²) in [4.78, 5) is 51.1. The molecule has 0 saturated carbocycles. The number of amides is 1. The largest absolute Gasteiger partial charge is 0.469 e. The van der Waals surface area contributed by atoms with Crippen LogP contribution in [0.1, 0.15) is 43.0 Å². The van der Waals surface area contributed by atoms with Crippen LogP contribution in [0.2, 0.25) is 5.02 Å². The highest BCUT2D eigenvalue weighted by Crippen LogP contribution is 2.35. The predicted molar refractivity (Wildman–Crippen MR) is 133 cm³/mol. The van der Waals surface area contributed by atoms with Gasteiger partial charge in [0, 0.05) is 10.4 Å². The number of nitrogen functional groups attached to an aromatic ring is 1. The first kappa shape index (κ1) is 25.9. The first-order valence-corrected chi connectivity index (χ1v) is 11.7. The number of benzene rings is 2. The van der Waals surface area contributed by atoms with E-state index in [2.05, 4.69) is 5.32 Å². The highest BCUT2D eigenvalue weighted by Gasteiger charge is 2.31. The van der Waals surface area contributed by atoms with Crippen LogP contribution in [-0.2, 0) is 27.3 Å². The highest BCUT2D eigenvalue weighted by molar-refractivity contribution is 7.15. The maximum absolute atomic E-state index is 13.3. The lowest BCUT2D eigenvalue weighted by Gasteiger charge is -2.14. The van der Waals surface area contributed by atoms with E-state index in [4.69, 9.17) is 26.8 Å². The SMILES string of the molecule is COC(=O)Cc1sc(C(=O)C(C)NC(=O)OCc2ccccc2)c(C(=O)c2ccccc2Cl)c1N. The van der Waals surface area contributed by atoms with Crippen LogP contribution in [0.4, 0.5) is 10.5 Å². The number of nitrogens with two attached hydrogens (primary N) is 1. The van der Waals surface area contributed by atoms with Gasteiger partial charge >= 0.3 is 12.1 Å². The van der Waals surface area contributed by atoms with Crippen LogP contribution in [0.15, 0.2) is 54.6 Å². The first-order chi connectivity index (χ1) is 16.7. The van der Waals surface area contributed by atoms with E-state index in [9.17, 15) is 19.2 Å². The number of Topliss-reactive ketones (excluding diaryl/α,β-unsaturated/α-hetero) is 1. The zero-order valence-corrected chi connectivity index (χ0v) is 20.6. The maximum Gasteiger partial charge on any atom is 0.408 e. The van der Waals surface area contributed by atoms with Crippen molar-refractivity contribution in [1.82, 2.24) is 5.32 Å². The Bertz CT molecular complexity index is 1260. The first-order valence-electron chi connectivity index (χ1n) is 10.5. The van der Waals surface area contributed by atoms with Crippen LogP contribution in [0.3, 0.4) is 0 Å². The summed E-state index contributed by atoms with van der Waals surface area (Å²) in [6, 6.07) is 14.4. The molecule has 35 heavy (non-hydrogen) atoms. The molecule has 0 aliphatic carbocycles. The number of anilines is 1. The number of halogens is 1. The minimum atomic E-state index is -1.04. The summed E-state index contributed by atoms with van der Waals surface area (Å²) in [6.45, 7) is 1.49. The molecule has 0 spiro atoms. The lowest BCUT2D eigenvalue weighted by atomic mass is 9.98. The second-order valence-corrected chi connectivity index (χ2v) is 9.01. The molecule has 182 valence electrons. The fourth-order valence-corrected chi connectivity index (χ4v) is 4.66. The van der Waals surface area contributed by atoms with Gasteiger partial charge in [0.1, 0.15) is 6.61 Å². The van der Waals surface area contributed by atoms with Crippen molar-refractivity contribution in [2.75, 3.05) is 12.8 Å². The van der Waals surface area contributed by atoms with Crippen LogP contribution >= 0.6 is 22.9 Å². The summed E-state index contributed by atoms with van der Waals surface area (Å²) in [5.41, 5.74) is 7.08. The quantitative estimate of drug-likeness (QED) is 0.319. The third-order valence-corrected chi connectivity index (χ3v) is 6.61. The van der Waals surface area contributed by atoms with E-state index in [1.165, 1.54) is 20.1 Å². The van der Waals surface area contributed by atoms with Gasteiger partial charge < -0.3 is 20.5 Å². The van der Waals surface area contributed by atoms with Gasteiger partial charge in [-0.05, 0) is 24.6 Å². The van der Waals surface area contributed by atoms with Crippen molar-refractivity contribution >= 4 is 52.3 Å². The van der Waals surface area contributed by atoms with E-state index in [1.807, 2.05) is 18.2 Å².